The molecule has 0 saturated heterocycles. The Morgan fingerprint density at radius 1 is 1.38 bits per heavy atom. The van der Waals surface area contributed by atoms with Crippen LogP contribution in [-0.4, -0.2) is 16.2 Å². The third-order valence-electron chi connectivity index (χ3n) is 3.05. The van der Waals surface area contributed by atoms with Crippen molar-refractivity contribution in [3.05, 3.63) is 52.5 Å². The van der Waals surface area contributed by atoms with Gasteiger partial charge in [-0.1, -0.05) is 11.2 Å². The predicted octanol–water partition coefficient (Wildman–Crippen LogP) is 3.02. The number of hydrogen-bond donors (Lipinski definition) is 2. The van der Waals surface area contributed by atoms with Crippen LogP contribution in [0.15, 0.2) is 35.0 Å². The summed E-state index contributed by atoms with van der Waals surface area (Å²) >= 11 is 1.08. The Balaban J connectivity index is 1.91. The van der Waals surface area contributed by atoms with Gasteiger partial charge in [-0.3, -0.25) is 0 Å². The predicted molar refractivity (Wildman–Crippen MR) is 75.8 cm³/mol. The molecule has 2 heterocycles. The first kappa shape index (κ1) is 13.7. The summed E-state index contributed by atoms with van der Waals surface area (Å²) in [5, 5.41) is 16.3. The fraction of sp³-hybridized carbons (Fsp3) is 0.143. The quantitative estimate of drug-likeness (QED) is 0.758. The van der Waals surface area contributed by atoms with E-state index in [1.165, 1.54) is 12.3 Å². The summed E-state index contributed by atoms with van der Waals surface area (Å²) in [7, 11) is 0. The summed E-state index contributed by atoms with van der Waals surface area (Å²) in [6.07, 6.45) is 1.53. The van der Waals surface area contributed by atoms with Gasteiger partial charge in [-0.2, -0.15) is 0 Å². The minimum atomic E-state index is -1.05. The highest BCUT2D eigenvalue weighted by molar-refractivity contribution is 7.21. The molecule has 108 valence electrons. The van der Waals surface area contributed by atoms with Crippen molar-refractivity contribution >= 4 is 27.4 Å². The summed E-state index contributed by atoms with van der Waals surface area (Å²) < 4.78 is 19.6. The van der Waals surface area contributed by atoms with Crippen molar-refractivity contribution in [1.29, 1.82) is 0 Å². The SMILES string of the molecule is O=C(O)c1sc2cccc(F)c2c1CNCc1ccno1. The first-order valence-corrected chi connectivity index (χ1v) is 7.02. The highest BCUT2D eigenvalue weighted by atomic mass is 32.1. The monoisotopic (exact) mass is 306 g/mol. The summed E-state index contributed by atoms with van der Waals surface area (Å²) in [5.74, 6) is -0.827. The Labute approximate surface area is 123 Å². The number of halogens is 1. The van der Waals surface area contributed by atoms with Crippen molar-refractivity contribution < 1.29 is 18.8 Å². The lowest BCUT2D eigenvalue weighted by Gasteiger charge is -2.04. The van der Waals surface area contributed by atoms with Crippen molar-refractivity contribution in [2.45, 2.75) is 13.1 Å². The van der Waals surface area contributed by atoms with Gasteiger partial charge in [0, 0.05) is 28.3 Å². The number of thiophene rings is 1. The van der Waals surface area contributed by atoms with E-state index in [2.05, 4.69) is 10.5 Å². The number of nitrogens with one attached hydrogen (secondary N) is 1. The second kappa shape index (κ2) is 5.63. The Morgan fingerprint density at radius 3 is 2.95 bits per heavy atom. The standard InChI is InChI=1S/C14H11FN2O3S/c15-10-2-1-3-11-12(10)9(13(21-11)14(18)19)7-16-6-8-4-5-17-20-8/h1-5,16H,6-7H2,(H,18,19). The fourth-order valence-electron chi connectivity index (χ4n) is 2.15. The zero-order chi connectivity index (χ0) is 14.8. The van der Waals surface area contributed by atoms with E-state index in [1.54, 1.807) is 18.2 Å². The number of carbonyl (C=O) groups is 1. The number of rotatable bonds is 5. The molecular weight excluding hydrogens is 295 g/mol. The number of carboxylic acid groups (broad SMARTS) is 1. The molecule has 0 atom stereocenters. The number of aromatic carboxylic acids is 1. The average Bonchev–Trinajstić information content (AvgIpc) is 3.07. The molecular formula is C14H11FN2O3S. The molecule has 1 aromatic carbocycles. The van der Waals surface area contributed by atoms with Crippen LogP contribution in [0, 0.1) is 5.82 Å². The van der Waals surface area contributed by atoms with Crippen molar-refractivity contribution in [2.75, 3.05) is 0 Å². The Kier molecular flexibility index (Phi) is 3.68. The van der Waals surface area contributed by atoms with E-state index in [-0.39, 0.29) is 11.4 Å². The zero-order valence-electron chi connectivity index (χ0n) is 10.8. The minimum absolute atomic E-state index is 0.153. The Morgan fingerprint density at radius 2 is 2.24 bits per heavy atom. The number of nitrogens with zero attached hydrogens (tertiary/aromatic N) is 1. The highest BCUT2D eigenvalue weighted by Gasteiger charge is 2.19. The van der Waals surface area contributed by atoms with Crippen LogP contribution in [0.4, 0.5) is 4.39 Å². The van der Waals surface area contributed by atoms with E-state index in [0.717, 1.165) is 11.3 Å². The van der Waals surface area contributed by atoms with Gasteiger partial charge in [0.25, 0.3) is 0 Å². The maximum Gasteiger partial charge on any atom is 0.346 e. The van der Waals surface area contributed by atoms with Crippen molar-refractivity contribution in [3.8, 4) is 0 Å². The summed E-state index contributed by atoms with van der Waals surface area (Å²) in [4.78, 5) is 11.5. The van der Waals surface area contributed by atoms with E-state index in [1.807, 2.05) is 0 Å². The molecule has 0 radical (unpaired) electrons. The number of aromatic nitrogens is 1. The molecule has 0 aliphatic heterocycles. The van der Waals surface area contributed by atoms with Crippen LogP contribution in [0.5, 0.6) is 0 Å². The molecule has 21 heavy (non-hydrogen) atoms. The lowest BCUT2D eigenvalue weighted by Crippen LogP contribution is -2.14. The smallest absolute Gasteiger partial charge is 0.346 e. The number of fused-ring (bicyclic) bond motifs is 1. The molecule has 7 heteroatoms. The molecule has 0 saturated carbocycles. The Hall–Kier alpha value is -2.25. The number of hydrogen-bond acceptors (Lipinski definition) is 5. The molecule has 3 aromatic rings. The van der Waals surface area contributed by atoms with Crippen molar-refractivity contribution in [2.24, 2.45) is 0 Å². The Bertz CT molecular complexity index is 783. The van der Waals surface area contributed by atoms with Gasteiger partial charge in [-0.15, -0.1) is 11.3 Å². The van der Waals surface area contributed by atoms with Crippen molar-refractivity contribution in [1.82, 2.24) is 10.5 Å². The molecule has 0 fully saturated rings. The van der Waals surface area contributed by atoms with Gasteiger partial charge in [-0.25, -0.2) is 9.18 Å². The van der Waals surface area contributed by atoms with E-state index in [4.69, 9.17) is 4.52 Å². The second-order valence-electron chi connectivity index (χ2n) is 4.41. The van der Waals surface area contributed by atoms with Gasteiger partial charge in [0.1, 0.15) is 16.5 Å². The summed E-state index contributed by atoms with van der Waals surface area (Å²) in [5.41, 5.74) is 0.458. The van der Waals surface area contributed by atoms with Crippen LogP contribution in [0.25, 0.3) is 10.1 Å². The van der Waals surface area contributed by atoms with E-state index in [0.29, 0.717) is 28.0 Å². The van der Waals surface area contributed by atoms with E-state index < -0.39 is 11.8 Å². The third kappa shape index (κ3) is 2.65. The van der Waals surface area contributed by atoms with Gasteiger partial charge < -0.3 is 14.9 Å². The van der Waals surface area contributed by atoms with Crippen LogP contribution in [-0.2, 0) is 13.1 Å². The molecule has 2 N–H and O–H groups in total. The summed E-state index contributed by atoms with van der Waals surface area (Å²) in [6.45, 7) is 0.633. The largest absolute Gasteiger partial charge is 0.477 e. The van der Waals surface area contributed by atoms with Gasteiger partial charge in [0.05, 0.1) is 12.7 Å². The molecule has 0 unspecified atom stereocenters. The molecule has 3 rings (SSSR count). The molecule has 0 aliphatic carbocycles. The summed E-state index contributed by atoms with van der Waals surface area (Å²) in [6, 6.07) is 6.33. The number of benzene rings is 1. The topological polar surface area (TPSA) is 75.4 Å². The minimum Gasteiger partial charge on any atom is -0.477 e. The van der Waals surface area contributed by atoms with Gasteiger partial charge in [0.2, 0.25) is 0 Å². The molecule has 5 nitrogen and oxygen atoms in total. The number of carboxylic acids is 1. The fourth-order valence-corrected chi connectivity index (χ4v) is 3.23. The van der Waals surface area contributed by atoms with Crippen LogP contribution < -0.4 is 5.32 Å². The maximum absolute atomic E-state index is 14.0. The average molecular weight is 306 g/mol. The normalized spacial score (nSPS) is 11.1. The van der Waals surface area contributed by atoms with E-state index in [9.17, 15) is 14.3 Å². The molecule has 0 aliphatic rings. The van der Waals surface area contributed by atoms with E-state index >= 15 is 0 Å². The molecule has 0 amide bonds. The first-order valence-electron chi connectivity index (χ1n) is 6.20. The third-order valence-corrected chi connectivity index (χ3v) is 4.24. The van der Waals surface area contributed by atoms with Crippen LogP contribution in [0.3, 0.4) is 0 Å². The molecule has 2 aromatic heterocycles. The highest BCUT2D eigenvalue weighted by Crippen LogP contribution is 2.33. The first-order chi connectivity index (χ1) is 10.2. The molecule has 0 bridgehead atoms. The van der Waals surface area contributed by atoms with Crippen LogP contribution in [0.2, 0.25) is 0 Å². The van der Waals surface area contributed by atoms with Crippen molar-refractivity contribution in [3.63, 3.8) is 0 Å². The van der Waals surface area contributed by atoms with Gasteiger partial charge in [0.15, 0.2) is 0 Å². The lowest BCUT2D eigenvalue weighted by molar-refractivity contribution is 0.0701. The van der Waals surface area contributed by atoms with Crippen LogP contribution in [0.1, 0.15) is 21.0 Å². The lowest BCUT2D eigenvalue weighted by atomic mass is 10.1. The van der Waals surface area contributed by atoms with Gasteiger partial charge >= 0.3 is 5.97 Å². The zero-order valence-corrected chi connectivity index (χ0v) is 11.6. The van der Waals surface area contributed by atoms with Gasteiger partial charge in [-0.05, 0) is 12.1 Å². The molecule has 0 spiro atoms. The van der Waals surface area contributed by atoms with Crippen LogP contribution >= 0.6 is 11.3 Å². The maximum atomic E-state index is 14.0. The second-order valence-corrected chi connectivity index (χ2v) is 5.46.